The number of amides is 2. The standard InChI is InChI=1S/C22H28N2O4/c1-5-7-14-24(20(26)19(25)22(3,4)6-2)15-13-18(16-23(24)21(27)28)17-11-9-8-10-12-17/h8-13,15-16H,5-7,14H2,1-4H3. The van der Waals surface area contributed by atoms with Gasteiger partial charge in [-0.2, -0.15) is 5.01 Å². The van der Waals surface area contributed by atoms with Gasteiger partial charge < -0.3 is 9.90 Å². The molecule has 0 spiro atoms. The average Bonchev–Trinajstić information content (AvgIpc) is 2.71. The van der Waals surface area contributed by atoms with Crippen molar-refractivity contribution in [2.45, 2.75) is 47.0 Å². The molecule has 1 aromatic carbocycles. The molecule has 1 aromatic rings. The molecule has 0 fully saturated rings. The van der Waals surface area contributed by atoms with Crippen molar-refractivity contribution in [1.29, 1.82) is 0 Å². The van der Waals surface area contributed by atoms with Crippen molar-refractivity contribution in [3.63, 3.8) is 0 Å². The normalized spacial score (nSPS) is 19.3. The van der Waals surface area contributed by atoms with Gasteiger partial charge in [0.15, 0.2) is 6.09 Å². The fourth-order valence-corrected chi connectivity index (χ4v) is 3.03. The van der Waals surface area contributed by atoms with Crippen molar-refractivity contribution in [2.75, 3.05) is 6.54 Å². The monoisotopic (exact) mass is 384 g/mol. The topological polar surface area (TPSA) is 77.5 Å². The third kappa shape index (κ3) is 4.07. The first-order valence-electron chi connectivity index (χ1n) is 9.64. The van der Waals surface area contributed by atoms with Crippen LogP contribution < -0.4 is 5.11 Å². The number of carbonyl (C=O) groups is 3. The molecule has 0 aromatic heterocycles. The number of hydrogen-bond acceptors (Lipinski definition) is 4. The number of benzene rings is 1. The Hall–Kier alpha value is -2.73. The number of nitrogens with zero attached hydrogens (tertiary/aromatic N) is 2. The summed E-state index contributed by atoms with van der Waals surface area (Å²) in [6.45, 7) is 7.35. The Labute approximate surface area is 166 Å². The Morgan fingerprint density at radius 2 is 1.75 bits per heavy atom. The molecule has 0 N–H and O–H groups in total. The van der Waals surface area contributed by atoms with Crippen LogP contribution in [0.4, 0.5) is 4.79 Å². The molecular weight excluding hydrogens is 356 g/mol. The molecule has 150 valence electrons. The number of ketones is 1. The van der Waals surface area contributed by atoms with Crippen molar-refractivity contribution in [2.24, 2.45) is 5.41 Å². The lowest BCUT2D eigenvalue weighted by atomic mass is 9.84. The van der Waals surface area contributed by atoms with Crippen LogP contribution in [0.2, 0.25) is 0 Å². The van der Waals surface area contributed by atoms with Crippen molar-refractivity contribution in [3.05, 3.63) is 54.4 Å². The lowest BCUT2D eigenvalue weighted by Gasteiger charge is -2.42. The summed E-state index contributed by atoms with van der Waals surface area (Å²) in [5.41, 5.74) is 0.569. The number of allylic oxidation sites excluding steroid dienone is 2. The van der Waals surface area contributed by atoms with Gasteiger partial charge in [0.25, 0.3) is 5.78 Å². The van der Waals surface area contributed by atoms with E-state index in [0.717, 1.165) is 17.0 Å². The van der Waals surface area contributed by atoms with Crippen molar-refractivity contribution >= 4 is 23.4 Å². The van der Waals surface area contributed by atoms with E-state index in [9.17, 15) is 19.5 Å². The summed E-state index contributed by atoms with van der Waals surface area (Å²) in [6.07, 6.45) is 4.87. The highest BCUT2D eigenvalue weighted by molar-refractivity contribution is 6.35. The summed E-state index contributed by atoms with van der Waals surface area (Å²) in [4.78, 5) is 38.2. The third-order valence-electron chi connectivity index (χ3n) is 5.34. The predicted octanol–water partition coefficient (Wildman–Crippen LogP) is 3.26. The first-order chi connectivity index (χ1) is 13.2. The van der Waals surface area contributed by atoms with Crippen molar-refractivity contribution in [1.82, 2.24) is 5.01 Å². The Morgan fingerprint density at radius 3 is 2.29 bits per heavy atom. The molecule has 6 heteroatoms. The van der Waals surface area contributed by atoms with E-state index in [1.165, 1.54) is 12.4 Å². The van der Waals surface area contributed by atoms with Crippen molar-refractivity contribution < 1.29 is 24.1 Å². The fourth-order valence-electron chi connectivity index (χ4n) is 3.03. The lowest BCUT2D eigenvalue weighted by molar-refractivity contribution is -0.904. The highest BCUT2D eigenvalue weighted by atomic mass is 16.4. The summed E-state index contributed by atoms with van der Waals surface area (Å²) in [5.74, 6) is -1.34. The molecule has 1 unspecified atom stereocenters. The van der Waals surface area contributed by atoms with E-state index in [1.807, 2.05) is 44.2 Å². The number of quaternary nitrogens is 1. The number of hydrogen-bond donors (Lipinski definition) is 0. The molecule has 0 radical (unpaired) electrons. The minimum absolute atomic E-state index is 0.171. The quantitative estimate of drug-likeness (QED) is 0.534. The van der Waals surface area contributed by atoms with Gasteiger partial charge in [0.05, 0.1) is 6.20 Å². The zero-order chi connectivity index (χ0) is 20.9. The molecule has 6 nitrogen and oxygen atoms in total. The smallest absolute Gasteiger partial charge is 0.411 e. The summed E-state index contributed by atoms with van der Waals surface area (Å²) < 4.78 is -0.714. The minimum Gasteiger partial charge on any atom is -0.526 e. The van der Waals surface area contributed by atoms with Crippen LogP contribution in [0.25, 0.3) is 5.57 Å². The van der Waals surface area contributed by atoms with Gasteiger partial charge in [-0.1, -0.05) is 64.4 Å². The highest BCUT2D eigenvalue weighted by Gasteiger charge is 2.50. The van der Waals surface area contributed by atoms with Crippen LogP contribution in [-0.2, 0) is 9.59 Å². The van der Waals surface area contributed by atoms with Crippen LogP contribution >= 0.6 is 0 Å². The molecule has 2 amide bonds. The molecule has 1 heterocycles. The van der Waals surface area contributed by atoms with Gasteiger partial charge >= 0.3 is 5.91 Å². The maximum Gasteiger partial charge on any atom is 0.411 e. The maximum absolute atomic E-state index is 13.3. The summed E-state index contributed by atoms with van der Waals surface area (Å²) in [7, 11) is 0. The van der Waals surface area contributed by atoms with Crippen LogP contribution in [0, 0.1) is 5.41 Å². The second-order valence-corrected chi connectivity index (χ2v) is 7.65. The Bertz CT molecular complexity index is 811. The fraction of sp³-hybridized carbons (Fsp3) is 0.409. The van der Waals surface area contributed by atoms with Crippen LogP contribution in [0.1, 0.15) is 52.5 Å². The molecule has 28 heavy (non-hydrogen) atoms. The second kappa shape index (κ2) is 8.52. The number of Topliss-reactive ketones (excluding diaryl/α,β-unsaturated/α-hetero) is 1. The number of carbonyl (C=O) groups excluding carboxylic acids is 3. The van der Waals surface area contributed by atoms with Gasteiger partial charge in [-0.05, 0) is 18.4 Å². The Kier molecular flexibility index (Phi) is 6.56. The SMILES string of the molecule is CCCC[N+]1(C(=O)C(=O)C(C)(C)CC)C=CC(c2ccccc2)=CN1C(=O)[O-]. The largest absolute Gasteiger partial charge is 0.526 e. The van der Waals surface area contributed by atoms with E-state index in [-0.39, 0.29) is 6.54 Å². The summed E-state index contributed by atoms with van der Waals surface area (Å²) in [5, 5.41) is 12.9. The number of carboxylic acid groups (broad SMARTS) is 1. The van der Waals surface area contributed by atoms with Crippen LogP contribution in [0.3, 0.4) is 0 Å². The van der Waals surface area contributed by atoms with E-state index >= 15 is 0 Å². The molecule has 1 aliphatic rings. The third-order valence-corrected chi connectivity index (χ3v) is 5.34. The molecule has 0 bridgehead atoms. The van der Waals surface area contributed by atoms with Gasteiger partial charge in [-0.3, -0.25) is 4.79 Å². The zero-order valence-electron chi connectivity index (χ0n) is 17.0. The van der Waals surface area contributed by atoms with E-state index in [2.05, 4.69) is 0 Å². The molecule has 1 atom stereocenters. The predicted molar refractivity (Wildman–Crippen MR) is 105 cm³/mol. The molecule has 0 aliphatic carbocycles. The number of rotatable bonds is 7. The van der Waals surface area contributed by atoms with Gasteiger partial charge in [0, 0.05) is 17.1 Å². The molecule has 2 rings (SSSR count). The van der Waals surface area contributed by atoms with Gasteiger partial charge in [-0.25, -0.2) is 4.79 Å². The minimum atomic E-state index is -1.52. The number of unbranched alkanes of at least 4 members (excludes halogenated alkanes) is 1. The first-order valence-corrected chi connectivity index (χ1v) is 9.64. The van der Waals surface area contributed by atoms with Gasteiger partial charge in [0.2, 0.25) is 0 Å². The molecular formula is C22H28N2O4. The van der Waals surface area contributed by atoms with Crippen molar-refractivity contribution in [3.8, 4) is 0 Å². The highest BCUT2D eigenvalue weighted by Crippen LogP contribution is 2.32. The molecule has 0 saturated carbocycles. The van der Waals surface area contributed by atoms with Gasteiger partial charge in [-0.15, -0.1) is 4.59 Å². The molecule has 0 saturated heterocycles. The van der Waals surface area contributed by atoms with Gasteiger partial charge in [0.1, 0.15) is 12.7 Å². The summed E-state index contributed by atoms with van der Waals surface area (Å²) in [6, 6.07) is 9.26. The maximum atomic E-state index is 13.3. The van der Waals surface area contributed by atoms with E-state index in [4.69, 9.17) is 0 Å². The first kappa shape index (κ1) is 21.6. The Morgan fingerprint density at radius 1 is 1.11 bits per heavy atom. The zero-order valence-corrected chi connectivity index (χ0v) is 17.0. The lowest BCUT2D eigenvalue weighted by Crippen LogP contribution is -2.66. The summed E-state index contributed by atoms with van der Waals surface area (Å²) >= 11 is 0. The molecule has 1 aliphatic heterocycles. The Balaban J connectivity index is 2.55. The van der Waals surface area contributed by atoms with Crippen LogP contribution in [0.15, 0.2) is 48.8 Å². The van der Waals surface area contributed by atoms with E-state index in [1.54, 1.807) is 19.9 Å². The average molecular weight is 384 g/mol. The van der Waals surface area contributed by atoms with Crippen LogP contribution in [-0.4, -0.2) is 33.9 Å². The van der Waals surface area contributed by atoms with E-state index < -0.39 is 27.8 Å². The second-order valence-electron chi connectivity index (χ2n) is 7.65. The van der Waals surface area contributed by atoms with E-state index in [0.29, 0.717) is 18.4 Å². The van der Waals surface area contributed by atoms with Crippen LogP contribution in [0.5, 0.6) is 0 Å².